The number of hydrogen-bond donors (Lipinski definition) is 1. The summed E-state index contributed by atoms with van der Waals surface area (Å²) < 4.78 is 2.14. The highest BCUT2D eigenvalue weighted by Gasteiger charge is 2.21. The molecule has 0 saturated carbocycles. The third-order valence-electron chi connectivity index (χ3n) is 3.11. The van der Waals surface area contributed by atoms with E-state index in [0.29, 0.717) is 12.1 Å². The summed E-state index contributed by atoms with van der Waals surface area (Å²) in [5.74, 6) is 1.09. The van der Waals surface area contributed by atoms with E-state index in [9.17, 15) is 0 Å². The molecule has 0 radical (unpaired) electrons. The molecule has 1 atom stereocenters. The quantitative estimate of drug-likeness (QED) is 0.806. The fourth-order valence-electron chi connectivity index (χ4n) is 2.00. The fourth-order valence-corrected chi connectivity index (χ4v) is 2.00. The summed E-state index contributed by atoms with van der Waals surface area (Å²) in [6, 6.07) is 1.10. The van der Waals surface area contributed by atoms with Gasteiger partial charge < -0.3 is 9.88 Å². The second-order valence-electron chi connectivity index (χ2n) is 4.82. The van der Waals surface area contributed by atoms with Crippen molar-refractivity contribution in [3.63, 3.8) is 0 Å². The third-order valence-corrected chi connectivity index (χ3v) is 3.11. The normalized spacial score (nSPS) is 18.8. The van der Waals surface area contributed by atoms with Gasteiger partial charge in [-0.15, -0.1) is 10.2 Å². The van der Waals surface area contributed by atoms with E-state index in [2.05, 4.69) is 45.8 Å². The van der Waals surface area contributed by atoms with E-state index in [1.54, 1.807) is 0 Å². The zero-order chi connectivity index (χ0) is 11.5. The van der Waals surface area contributed by atoms with Gasteiger partial charge in [-0.2, -0.15) is 0 Å². The lowest BCUT2D eigenvalue weighted by Crippen LogP contribution is -2.45. The molecule has 5 nitrogen and oxygen atoms in total. The summed E-state index contributed by atoms with van der Waals surface area (Å²) in [5.41, 5.74) is 0. The zero-order valence-electron chi connectivity index (χ0n) is 10.3. The zero-order valence-corrected chi connectivity index (χ0v) is 10.3. The molecule has 1 aromatic heterocycles. The molecular weight excluding hydrogens is 202 g/mol. The Kier molecular flexibility index (Phi) is 3.56. The second kappa shape index (κ2) is 4.93. The van der Waals surface area contributed by atoms with Crippen LogP contribution in [0.4, 0.5) is 0 Å². The van der Waals surface area contributed by atoms with E-state index in [0.717, 1.165) is 32.0 Å². The summed E-state index contributed by atoms with van der Waals surface area (Å²) in [4.78, 5) is 2.46. The van der Waals surface area contributed by atoms with Gasteiger partial charge in [-0.1, -0.05) is 13.8 Å². The largest absolute Gasteiger partial charge is 0.315 e. The van der Waals surface area contributed by atoms with Crippen LogP contribution in [0.2, 0.25) is 0 Å². The number of aromatic nitrogens is 3. The maximum atomic E-state index is 4.14. The van der Waals surface area contributed by atoms with Crippen LogP contribution < -0.4 is 5.32 Å². The van der Waals surface area contributed by atoms with E-state index in [1.807, 2.05) is 6.33 Å². The third kappa shape index (κ3) is 2.59. The summed E-state index contributed by atoms with van der Waals surface area (Å²) >= 11 is 0. The lowest BCUT2D eigenvalue weighted by molar-refractivity contribution is 0.158. The number of rotatable bonds is 4. The molecule has 90 valence electrons. The second-order valence-corrected chi connectivity index (χ2v) is 4.82. The number of hydrogen-bond acceptors (Lipinski definition) is 4. The van der Waals surface area contributed by atoms with Crippen LogP contribution in [-0.2, 0) is 13.1 Å². The van der Waals surface area contributed by atoms with Gasteiger partial charge in [0, 0.05) is 31.7 Å². The van der Waals surface area contributed by atoms with Gasteiger partial charge in [-0.25, -0.2) is 0 Å². The molecule has 2 rings (SSSR count). The molecule has 1 unspecified atom stereocenters. The molecule has 0 saturated heterocycles. The lowest BCUT2D eigenvalue weighted by atomic mass is 10.2. The topological polar surface area (TPSA) is 46.0 Å². The van der Waals surface area contributed by atoms with Crippen molar-refractivity contribution >= 4 is 0 Å². The van der Waals surface area contributed by atoms with Gasteiger partial charge in [-0.3, -0.25) is 4.90 Å². The van der Waals surface area contributed by atoms with Crippen LogP contribution in [0.25, 0.3) is 0 Å². The predicted octanol–water partition coefficient (Wildman–Crippen LogP) is 0.480. The Balaban J connectivity index is 1.88. The summed E-state index contributed by atoms with van der Waals surface area (Å²) in [7, 11) is 0. The van der Waals surface area contributed by atoms with Gasteiger partial charge in [0.05, 0.1) is 6.54 Å². The summed E-state index contributed by atoms with van der Waals surface area (Å²) in [5, 5.41) is 11.6. The molecule has 1 N–H and O–H groups in total. The Hall–Kier alpha value is -0.940. The molecule has 1 aliphatic heterocycles. The molecule has 1 aromatic rings. The molecule has 0 fully saturated rings. The Bertz CT molecular complexity index is 333. The number of nitrogens with zero attached hydrogens (tertiary/aromatic N) is 4. The van der Waals surface area contributed by atoms with Crippen LogP contribution in [0.1, 0.15) is 26.6 Å². The minimum atomic E-state index is 0.549. The maximum absolute atomic E-state index is 4.14. The van der Waals surface area contributed by atoms with Gasteiger partial charge in [0.25, 0.3) is 0 Å². The van der Waals surface area contributed by atoms with Crippen molar-refractivity contribution in [3.8, 4) is 0 Å². The van der Waals surface area contributed by atoms with Crippen LogP contribution in [0, 0.1) is 0 Å². The van der Waals surface area contributed by atoms with Gasteiger partial charge in [0.2, 0.25) is 0 Å². The lowest BCUT2D eigenvalue weighted by Gasteiger charge is -2.32. The summed E-state index contributed by atoms with van der Waals surface area (Å²) in [6.07, 6.45) is 1.82. The molecule has 16 heavy (non-hydrogen) atoms. The maximum Gasteiger partial charge on any atom is 0.147 e. The van der Waals surface area contributed by atoms with E-state index in [4.69, 9.17) is 0 Å². The summed E-state index contributed by atoms with van der Waals surface area (Å²) in [6.45, 7) is 10.7. The smallest absolute Gasteiger partial charge is 0.147 e. The van der Waals surface area contributed by atoms with E-state index < -0.39 is 0 Å². The van der Waals surface area contributed by atoms with Crippen molar-refractivity contribution in [2.24, 2.45) is 0 Å². The van der Waals surface area contributed by atoms with Gasteiger partial charge in [-0.05, 0) is 6.92 Å². The predicted molar refractivity (Wildman–Crippen MR) is 63.0 cm³/mol. The molecule has 5 heteroatoms. The Labute approximate surface area is 96.8 Å². The average molecular weight is 223 g/mol. The van der Waals surface area contributed by atoms with Crippen LogP contribution in [-0.4, -0.2) is 44.8 Å². The van der Waals surface area contributed by atoms with Crippen LogP contribution >= 0.6 is 0 Å². The van der Waals surface area contributed by atoms with E-state index in [-0.39, 0.29) is 0 Å². The Morgan fingerprint density at radius 1 is 1.38 bits per heavy atom. The molecule has 0 spiro atoms. The van der Waals surface area contributed by atoms with Gasteiger partial charge in [0.1, 0.15) is 12.2 Å². The first-order valence-electron chi connectivity index (χ1n) is 6.01. The van der Waals surface area contributed by atoms with E-state index >= 15 is 0 Å². The van der Waals surface area contributed by atoms with Crippen molar-refractivity contribution in [2.45, 2.75) is 45.9 Å². The van der Waals surface area contributed by atoms with Gasteiger partial charge in [0.15, 0.2) is 0 Å². The van der Waals surface area contributed by atoms with E-state index in [1.165, 1.54) is 0 Å². The highest BCUT2D eigenvalue weighted by molar-refractivity contribution is 4.91. The monoisotopic (exact) mass is 223 g/mol. The first kappa shape index (κ1) is 11.5. The SMILES string of the molecule is CC(C)NCC(C)N1CCn2cnnc2C1. The van der Waals surface area contributed by atoms with Crippen molar-refractivity contribution in [2.75, 3.05) is 13.1 Å². The molecule has 0 amide bonds. The number of fused-ring (bicyclic) bond motifs is 1. The molecule has 1 aliphatic rings. The minimum Gasteiger partial charge on any atom is -0.315 e. The highest BCUT2D eigenvalue weighted by Crippen LogP contribution is 2.11. The average Bonchev–Trinajstić information content (AvgIpc) is 2.72. The standard InChI is InChI=1S/C11H21N5/c1-9(2)12-6-10(3)15-4-5-16-8-13-14-11(16)7-15/h8-10,12H,4-7H2,1-3H3. The van der Waals surface area contributed by atoms with Gasteiger partial charge >= 0.3 is 0 Å². The van der Waals surface area contributed by atoms with Crippen molar-refractivity contribution in [3.05, 3.63) is 12.2 Å². The fraction of sp³-hybridized carbons (Fsp3) is 0.818. The van der Waals surface area contributed by atoms with Crippen LogP contribution in [0.3, 0.4) is 0 Å². The molecule has 0 aliphatic carbocycles. The van der Waals surface area contributed by atoms with Crippen molar-refractivity contribution in [1.82, 2.24) is 25.0 Å². The Morgan fingerprint density at radius 3 is 2.94 bits per heavy atom. The first-order chi connectivity index (χ1) is 7.66. The molecule has 2 heterocycles. The highest BCUT2D eigenvalue weighted by atomic mass is 15.3. The van der Waals surface area contributed by atoms with Crippen molar-refractivity contribution < 1.29 is 0 Å². The Morgan fingerprint density at radius 2 is 2.19 bits per heavy atom. The first-order valence-corrected chi connectivity index (χ1v) is 6.01. The number of nitrogens with one attached hydrogen (secondary N) is 1. The van der Waals surface area contributed by atoms with Crippen LogP contribution in [0.15, 0.2) is 6.33 Å². The minimum absolute atomic E-state index is 0.549. The van der Waals surface area contributed by atoms with Crippen molar-refractivity contribution in [1.29, 1.82) is 0 Å². The molecule has 0 bridgehead atoms. The molecule has 0 aromatic carbocycles. The molecular formula is C11H21N5. The van der Waals surface area contributed by atoms with Crippen LogP contribution in [0.5, 0.6) is 0 Å².